The number of aromatic amines is 2. The summed E-state index contributed by atoms with van der Waals surface area (Å²) in [6.07, 6.45) is 1.01. The van der Waals surface area contributed by atoms with E-state index in [1.165, 1.54) is 0 Å². The second-order valence-electron chi connectivity index (χ2n) is 7.87. The number of nitrogens with zero attached hydrogens (tertiary/aromatic N) is 3. The second-order valence-corrected chi connectivity index (χ2v) is 8.78. The molecule has 0 aliphatic rings. The lowest BCUT2D eigenvalue weighted by molar-refractivity contribution is -0.116. The van der Waals surface area contributed by atoms with E-state index in [9.17, 15) is 9.59 Å². The van der Waals surface area contributed by atoms with Gasteiger partial charge in [0.1, 0.15) is 5.69 Å². The summed E-state index contributed by atoms with van der Waals surface area (Å²) in [5, 5.41) is 20.7. The number of fused-ring (bicyclic) bond motifs is 1. The van der Waals surface area contributed by atoms with Crippen LogP contribution in [0.5, 0.6) is 0 Å². The number of rotatable bonds is 7. The molecule has 0 radical (unpaired) electrons. The quantitative estimate of drug-likeness (QED) is 0.237. The van der Waals surface area contributed by atoms with Gasteiger partial charge in [-0.15, -0.1) is 10.2 Å². The Morgan fingerprint density at radius 2 is 1.77 bits per heavy atom. The van der Waals surface area contributed by atoms with Gasteiger partial charge >= 0.3 is 0 Å². The van der Waals surface area contributed by atoms with Crippen LogP contribution in [0, 0.1) is 0 Å². The van der Waals surface area contributed by atoms with Crippen molar-refractivity contribution in [2.45, 2.75) is 12.8 Å². The highest BCUT2D eigenvalue weighted by Crippen LogP contribution is 2.29. The first-order valence-corrected chi connectivity index (χ1v) is 11.7. The molecule has 0 spiro atoms. The highest BCUT2D eigenvalue weighted by atomic mass is 79.9. The summed E-state index contributed by atoms with van der Waals surface area (Å²) in [6.45, 7) is 0. The average molecular weight is 530 g/mol. The predicted octanol–water partition coefficient (Wildman–Crippen LogP) is 4.93. The number of carbonyl (C=O) groups is 2. The Kier molecular flexibility index (Phi) is 6.36. The second kappa shape index (κ2) is 9.90. The average Bonchev–Trinajstić information content (AvgIpc) is 3.55. The van der Waals surface area contributed by atoms with Crippen LogP contribution in [-0.2, 0) is 11.2 Å². The number of hydrogen-bond acceptors (Lipinski definition) is 5. The highest BCUT2D eigenvalue weighted by molar-refractivity contribution is 9.10. The Morgan fingerprint density at radius 3 is 2.57 bits per heavy atom. The van der Waals surface area contributed by atoms with Gasteiger partial charge < -0.3 is 15.6 Å². The molecule has 2 aromatic heterocycles. The van der Waals surface area contributed by atoms with Crippen LogP contribution < -0.4 is 10.6 Å². The van der Waals surface area contributed by atoms with E-state index in [-0.39, 0.29) is 11.8 Å². The third-order valence-electron chi connectivity index (χ3n) is 5.47. The van der Waals surface area contributed by atoms with Gasteiger partial charge in [-0.1, -0.05) is 58.4 Å². The smallest absolute Gasteiger partial charge is 0.272 e. The van der Waals surface area contributed by atoms with E-state index in [1.807, 2.05) is 54.6 Å². The fraction of sp³-hybridized carbons (Fsp3) is 0.0800. The molecular formula is C25H20BrN7O2. The van der Waals surface area contributed by atoms with E-state index in [2.05, 4.69) is 52.2 Å². The number of anilines is 2. The minimum atomic E-state index is -0.338. The fourth-order valence-electron chi connectivity index (χ4n) is 3.77. The van der Waals surface area contributed by atoms with Crippen molar-refractivity contribution in [2.24, 2.45) is 0 Å². The molecule has 3 aromatic carbocycles. The molecule has 0 atom stereocenters. The van der Waals surface area contributed by atoms with Gasteiger partial charge in [-0.25, -0.2) is 0 Å². The number of H-pyrrole nitrogens is 2. The minimum Gasteiger partial charge on any atom is -0.349 e. The lowest BCUT2D eigenvalue weighted by Crippen LogP contribution is -2.14. The zero-order valence-electron chi connectivity index (χ0n) is 18.4. The van der Waals surface area contributed by atoms with Crippen molar-refractivity contribution in [1.82, 2.24) is 25.6 Å². The van der Waals surface area contributed by atoms with E-state index >= 15 is 0 Å². The number of aromatic nitrogens is 5. The molecule has 0 unspecified atom stereocenters. The SMILES string of the molecule is O=C(CCc1ccccc1)Nc1cccc2cc(C(=O)Nc3ccc(Br)cc3-c3nn[nH]n3)[nH]c12. The first-order chi connectivity index (χ1) is 17.1. The van der Waals surface area contributed by atoms with Crippen molar-refractivity contribution in [2.75, 3.05) is 10.6 Å². The molecule has 174 valence electrons. The largest absolute Gasteiger partial charge is 0.349 e. The molecule has 5 aromatic rings. The minimum absolute atomic E-state index is 0.0958. The zero-order chi connectivity index (χ0) is 24.2. The summed E-state index contributed by atoms with van der Waals surface area (Å²) < 4.78 is 0.813. The van der Waals surface area contributed by atoms with Gasteiger partial charge in [-0.2, -0.15) is 5.21 Å². The predicted molar refractivity (Wildman–Crippen MR) is 137 cm³/mol. The molecule has 2 amide bonds. The molecule has 0 aliphatic carbocycles. The van der Waals surface area contributed by atoms with Gasteiger partial charge in [0.05, 0.1) is 16.9 Å². The van der Waals surface area contributed by atoms with Gasteiger partial charge in [0.25, 0.3) is 5.91 Å². The Labute approximate surface area is 208 Å². The lowest BCUT2D eigenvalue weighted by Gasteiger charge is -2.09. The maximum Gasteiger partial charge on any atom is 0.272 e. The van der Waals surface area contributed by atoms with Crippen LogP contribution in [0.1, 0.15) is 22.5 Å². The molecular weight excluding hydrogens is 510 g/mol. The van der Waals surface area contributed by atoms with Crippen LogP contribution in [0.25, 0.3) is 22.3 Å². The van der Waals surface area contributed by atoms with E-state index < -0.39 is 0 Å². The number of amides is 2. The molecule has 5 rings (SSSR count). The first-order valence-electron chi connectivity index (χ1n) is 10.9. The number of aryl methyl sites for hydroxylation is 1. The van der Waals surface area contributed by atoms with Gasteiger partial charge in [0, 0.05) is 21.8 Å². The first kappa shape index (κ1) is 22.5. The van der Waals surface area contributed by atoms with Crippen molar-refractivity contribution < 1.29 is 9.59 Å². The third-order valence-corrected chi connectivity index (χ3v) is 5.97. The molecule has 0 saturated heterocycles. The van der Waals surface area contributed by atoms with Crippen LogP contribution in [0.4, 0.5) is 11.4 Å². The van der Waals surface area contributed by atoms with Crippen LogP contribution in [0.15, 0.2) is 77.3 Å². The van der Waals surface area contributed by atoms with Crippen molar-refractivity contribution in [3.05, 3.63) is 88.5 Å². The highest BCUT2D eigenvalue weighted by Gasteiger charge is 2.17. The van der Waals surface area contributed by atoms with Crippen molar-refractivity contribution in [3.63, 3.8) is 0 Å². The topological polar surface area (TPSA) is 128 Å². The summed E-state index contributed by atoms with van der Waals surface area (Å²) in [4.78, 5) is 28.8. The molecule has 4 N–H and O–H groups in total. The summed E-state index contributed by atoms with van der Waals surface area (Å²) in [7, 11) is 0. The molecule has 0 aliphatic heterocycles. The maximum absolute atomic E-state index is 13.1. The van der Waals surface area contributed by atoms with Crippen LogP contribution in [0.2, 0.25) is 0 Å². The molecule has 35 heavy (non-hydrogen) atoms. The number of benzene rings is 3. The summed E-state index contributed by atoms with van der Waals surface area (Å²) in [6, 6.07) is 22.5. The number of carbonyl (C=O) groups excluding carboxylic acids is 2. The van der Waals surface area contributed by atoms with Gasteiger partial charge in [0.15, 0.2) is 0 Å². The summed E-state index contributed by atoms with van der Waals surface area (Å²) in [5.41, 5.74) is 3.91. The molecule has 9 nitrogen and oxygen atoms in total. The molecule has 0 saturated carbocycles. The van der Waals surface area contributed by atoms with Crippen LogP contribution in [-0.4, -0.2) is 37.4 Å². The monoisotopic (exact) mass is 529 g/mol. The standard InChI is InChI=1S/C25H20BrN7O2/c26-17-10-11-19(18(14-17)24-30-32-33-31-24)29-25(35)21-13-16-7-4-8-20(23(16)28-21)27-22(34)12-9-15-5-2-1-3-6-15/h1-8,10-11,13-14,28H,9,12H2,(H,27,34)(H,29,35)(H,30,31,32,33). The number of tetrazole rings is 1. The molecule has 0 fully saturated rings. The van der Waals surface area contributed by atoms with Crippen LogP contribution in [0.3, 0.4) is 0 Å². The Hall–Kier alpha value is -4.31. The molecule has 0 bridgehead atoms. The Bertz CT molecular complexity index is 1500. The maximum atomic E-state index is 13.1. The zero-order valence-corrected chi connectivity index (χ0v) is 20.0. The van der Waals surface area contributed by atoms with Crippen molar-refractivity contribution in [3.8, 4) is 11.4 Å². The van der Waals surface area contributed by atoms with E-state index in [0.29, 0.717) is 46.8 Å². The van der Waals surface area contributed by atoms with E-state index in [4.69, 9.17) is 0 Å². The van der Waals surface area contributed by atoms with Crippen molar-refractivity contribution in [1.29, 1.82) is 0 Å². The van der Waals surface area contributed by atoms with Gasteiger partial charge in [-0.05, 0) is 47.5 Å². The summed E-state index contributed by atoms with van der Waals surface area (Å²) in [5.74, 6) is -0.0741. The third kappa shape index (κ3) is 5.12. The summed E-state index contributed by atoms with van der Waals surface area (Å²) >= 11 is 3.43. The molecule has 10 heteroatoms. The van der Waals surface area contributed by atoms with E-state index in [0.717, 1.165) is 15.4 Å². The fourth-order valence-corrected chi connectivity index (χ4v) is 4.14. The van der Waals surface area contributed by atoms with Crippen LogP contribution >= 0.6 is 15.9 Å². The molecule has 2 heterocycles. The lowest BCUT2D eigenvalue weighted by atomic mass is 10.1. The number of nitrogens with one attached hydrogen (secondary N) is 4. The van der Waals surface area contributed by atoms with E-state index in [1.54, 1.807) is 18.2 Å². The Morgan fingerprint density at radius 1 is 0.914 bits per heavy atom. The number of para-hydroxylation sites is 1. The van der Waals surface area contributed by atoms with Crippen molar-refractivity contribution >= 4 is 50.0 Å². The van der Waals surface area contributed by atoms with Gasteiger partial charge in [-0.3, -0.25) is 9.59 Å². The number of hydrogen-bond donors (Lipinski definition) is 4. The van der Waals surface area contributed by atoms with Gasteiger partial charge in [0.2, 0.25) is 11.7 Å². The normalized spacial score (nSPS) is 10.9. The Balaban J connectivity index is 1.34. The number of halogens is 1.